The van der Waals surface area contributed by atoms with E-state index in [1.807, 2.05) is 0 Å². The molecule has 4 N–H and O–H groups in total. The van der Waals surface area contributed by atoms with E-state index < -0.39 is 7.92 Å². The van der Waals surface area contributed by atoms with Crippen LogP contribution in [0.1, 0.15) is 6.92 Å². The van der Waals surface area contributed by atoms with Gasteiger partial charge in [-0.15, -0.1) is 0 Å². The molecule has 0 radical (unpaired) electrons. The summed E-state index contributed by atoms with van der Waals surface area (Å²) in [7, 11) is -0.974. The monoisotopic (exact) mass is 227 g/mol. The molecule has 80 valence electrons. The Hall–Kier alpha value is 0.700. The zero-order valence-electron chi connectivity index (χ0n) is 7.98. The van der Waals surface area contributed by atoms with E-state index in [0.717, 1.165) is 12.4 Å². The Kier molecular flexibility index (Phi) is 9.76. The lowest BCUT2D eigenvalue weighted by atomic mass is 11.0. The van der Waals surface area contributed by atoms with Crippen LogP contribution in [0.5, 0.6) is 0 Å². The summed E-state index contributed by atoms with van der Waals surface area (Å²) in [6, 6.07) is 0. The highest BCUT2D eigenvalue weighted by Gasteiger charge is 2.06. The van der Waals surface area contributed by atoms with Gasteiger partial charge in [0.05, 0.1) is 19.0 Å². The van der Waals surface area contributed by atoms with E-state index in [4.69, 9.17) is 15.3 Å². The van der Waals surface area contributed by atoms with Gasteiger partial charge in [-0.25, -0.2) is 0 Å². The highest BCUT2D eigenvalue weighted by molar-refractivity contribution is 7.58. The first-order valence-electron chi connectivity index (χ1n) is 4.26. The van der Waals surface area contributed by atoms with Crippen molar-refractivity contribution in [2.75, 3.05) is 37.8 Å². The van der Waals surface area contributed by atoms with Gasteiger partial charge in [0.15, 0.2) is 0 Å². The fraction of sp³-hybridized carbons (Fsp3) is 1.00. The molecule has 0 aliphatic heterocycles. The molecule has 0 amide bonds. The largest absolute Gasteiger partial charge is 0.392 e. The van der Waals surface area contributed by atoms with Crippen molar-refractivity contribution < 1.29 is 15.3 Å². The van der Waals surface area contributed by atoms with Crippen molar-refractivity contribution in [2.24, 2.45) is 0 Å². The SMILES string of the molecule is CCP(CO)CNCP(CO)CO. The summed E-state index contributed by atoms with van der Waals surface area (Å²) >= 11 is 0. The van der Waals surface area contributed by atoms with E-state index in [2.05, 4.69) is 12.2 Å². The number of nitrogens with one attached hydrogen (secondary N) is 1. The Bertz CT molecular complexity index is 97.9. The highest BCUT2D eigenvalue weighted by Crippen LogP contribution is 2.34. The number of hydrogen-bond donors (Lipinski definition) is 4. The van der Waals surface area contributed by atoms with Crippen LogP contribution in [-0.4, -0.2) is 53.1 Å². The fourth-order valence-electron chi connectivity index (χ4n) is 0.773. The van der Waals surface area contributed by atoms with Gasteiger partial charge in [-0.3, -0.25) is 0 Å². The average molecular weight is 227 g/mol. The smallest absolute Gasteiger partial charge is 0.0658 e. The van der Waals surface area contributed by atoms with E-state index in [1.165, 1.54) is 0 Å². The van der Waals surface area contributed by atoms with Crippen LogP contribution >= 0.6 is 15.8 Å². The Morgan fingerprint density at radius 3 is 1.77 bits per heavy atom. The topological polar surface area (TPSA) is 72.7 Å². The van der Waals surface area contributed by atoms with Gasteiger partial charge in [-0.2, -0.15) is 0 Å². The summed E-state index contributed by atoms with van der Waals surface area (Å²) in [4.78, 5) is 0. The Morgan fingerprint density at radius 2 is 1.38 bits per heavy atom. The first-order valence-corrected chi connectivity index (χ1v) is 8.05. The van der Waals surface area contributed by atoms with Crippen LogP contribution in [0.4, 0.5) is 0 Å². The number of hydrogen-bond acceptors (Lipinski definition) is 4. The zero-order valence-corrected chi connectivity index (χ0v) is 9.77. The maximum atomic E-state index is 8.90. The summed E-state index contributed by atoms with van der Waals surface area (Å²) in [5.74, 6) is 0. The van der Waals surface area contributed by atoms with Gasteiger partial charge < -0.3 is 20.6 Å². The molecule has 0 aliphatic rings. The molecular weight excluding hydrogens is 208 g/mol. The van der Waals surface area contributed by atoms with E-state index >= 15 is 0 Å². The molecule has 6 heteroatoms. The molecule has 0 bridgehead atoms. The van der Waals surface area contributed by atoms with Crippen LogP contribution in [0, 0.1) is 0 Å². The van der Waals surface area contributed by atoms with E-state index in [9.17, 15) is 0 Å². The molecule has 1 unspecified atom stereocenters. The molecule has 0 saturated heterocycles. The van der Waals surface area contributed by atoms with Gasteiger partial charge in [-0.1, -0.05) is 14.8 Å². The minimum atomic E-state index is -0.668. The normalized spacial score (nSPS) is 13.6. The van der Waals surface area contributed by atoms with Crippen molar-refractivity contribution in [3.63, 3.8) is 0 Å². The second-order valence-electron chi connectivity index (χ2n) is 2.65. The van der Waals surface area contributed by atoms with Gasteiger partial charge in [0.25, 0.3) is 0 Å². The predicted octanol–water partition coefficient (Wildman–Crippen LogP) is 0.324. The molecular formula is C7H19NO3P2. The molecule has 1 atom stereocenters. The van der Waals surface area contributed by atoms with Crippen molar-refractivity contribution in [1.29, 1.82) is 0 Å². The van der Waals surface area contributed by atoms with Crippen LogP contribution in [0.25, 0.3) is 0 Å². The minimum Gasteiger partial charge on any atom is -0.392 e. The van der Waals surface area contributed by atoms with Gasteiger partial charge in [-0.05, 0) is 14.1 Å². The van der Waals surface area contributed by atoms with Gasteiger partial charge >= 0.3 is 0 Å². The Morgan fingerprint density at radius 1 is 0.923 bits per heavy atom. The molecule has 0 aromatic carbocycles. The van der Waals surface area contributed by atoms with Crippen molar-refractivity contribution >= 4 is 15.8 Å². The number of aliphatic hydroxyl groups excluding tert-OH is 3. The maximum absolute atomic E-state index is 8.90. The third-order valence-electron chi connectivity index (χ3n) is 1.72. The average Bonchev–Trinajstić information content (AvgIpc) is 2.19. The lowest BCUT2D eigenvalue weighted by molar-refractivity contribution is 0.343. The van der Waals surface area contributed by atoms with Crippen LogP contribution < -0.4 is 5.32 Å². The molecule has 0 saturated carbocycles. The van der Waals surface area contributed by atoms with Crippen molar-refractivity contribution in [3.8, 4) is 0 Å². The minimum absolute atomic E-state index is 0.0714. The predicted molar refractivity (Wildman–Crippen MR) is 58.5 cm³/mol. The molecule has 4 nitrogen and oxygen atoms in total. The summed E-state index contributed by atoms with van der Waals surface area (Å²) in [6.07, 6.45) is 2.91. The van der Waals surface area contributed by atoms with Gasteiger partial charge in [0, 0.05) is 12.6 Å². The van der Waals surface area contributed by atoms with Gasteiger partial charge in [0.2, 0.25) is 0 Å². The first kappa shape index (κ1) is 13.7. The van der Waals surface area contributed by atoms with Gasteiger partial charge in [0.1, 0.15) is 0 Å². The second kappa shape index (κ2) is 9.26. The molecule has 0 fully saturated rings. The second-order valence-corrected chi connectivity index (χ2v) is 7.45. The van der Waals surface area contributed by atoms with Crippen LogP contribution in [-0.2, 0) is 0 Å². The van der Waals surface area contributed by atoms with Crippen molar-refractivity contribution in [2.45, 2.75) is 6.92 Å². The molecule has 0 aliphatic carbocycles. The molecule has 0 spiro atoms. The van der Waals surface area contributed by atoms with Crippen LogP contribution in [0.3, 0.4) is 0 Å². The first-order chi connectivity index (χ1) is 6.28. The summed E-state index contributed by atoms with van der Waals surface area (Å²) in [5, 5.41) is 29.6. The Labute approximate surface area is 81.9 Å². The summed E-state index contributed by atoms with van der Waals surface area (Å²) < 4.78 is 0. The number of rotatable bonds is 8. The lowest BCUT2D eigenvalue weighted by Crippen LogP contribution is -2.17. The Balaban J connectivity index is 3.41. The molecule has 0 rings (SSSR count). The molecule has 0 aromatic rings. The summed E-state index contributed by atoms with van der Waals surface area (Å²) in [5.41, 5.74) is 0. The summed E-state index contributed by atoms with van der Waals surface area (Å²) in [6.45, 7) is 2.06. The zero-order chi connectivity index (χ0) is 10.1. The fourth-order valence-corrected chi connectivity index (χ4v) is 2.62. The molecule has 13 heavy (non-hydrogen) atoms. The third-order valence-corrected chi connectivity index (χ3v) is 5.15. The highest BCUT2D eigenvalue weighted by atomic mass is 31.1. The van der Waals surface area contributed by atoms with E-state index in [-0.39, 0.29) is 27.0 Å². The standard InChI is InChI=1S/C7H19NO3P2/c1-2-12(5-9)3-8-4-13(6-10)7-11/h8-11H,2-7H2,1H3. The van der Waals surface area contributed by atoms with Crippen LogP contribution in [0.2, 0.25) is 0 Å². The quantitative estimate of drug-likeness (QED) is 0.451. The van der Waals surface area contributed by atoms with Crippen molar-refractivity contribution in [1.82, 2.24) is 5.32 Å². The van der Waals surface area contributed by atoms with Crippen molar-refractivity contribution in [3.05, 3.63) is 0 Å². The molecule has 0 aromatic heterocycles. The van der Waals surface area contributed by atoms with E-state index in [0.29, 0.717) is 6.29 Å². The molecule has 0 heterocycles. The third kappa shape index (κ3) is 6.73. The lowest BCUT2D eigenvalue weighted by Gasteiger charge is -2.16. The van der Waals surface area contributed by atoms with E-state index in [1.54, 1.807) is 0 Å². The van der Waals surface area contributed by atoms with Crippen LogP contribution in [0.15, 0.2) is 0 Å². The maximum Gasteiger partial charge on any atom is 0.0658 e. The number of aliphatic hydroxyl groups is 3.